The van der Waals surface area contributed by atoms with Crippen molar-refractivity contribution in [3.8, 4) is 0 Å². The number of carbonyl (C=O) groups is 1. The molecule has 5 heteroatoms. The van der Waals surface area contributed by atoms with Crippen LogP contribution in [0.4, 0.5) is 0 Å². The number of halogens is 3. The van der Waals surface area contributed by atoms with Crippen LogP contribution in [0.25, 0.3) is 0 Å². The molecule has 0 bridgehead atoms. The van der Waals surface area contributed by atoms with Gasteiger partial charge in [0.15, 0.2) is 0 Å². The van der Waals surface area contributed by atoms with Crippen LogP contribution in [-0.2, 0) is 4.74 Å². The van der Waals surface area contributed by atoms with Gasteiger partial charge in [-0.05, 0) is 18.2 Å². The standard InChI is InChI=1S/C9H7Cl2IO2/c10-7-2-1-6(5-8(7)11)9(13)14-4-3-12/h1-2,5H,3-4H2. The van der Waals surface area contributed by atoms with E-state index >= 15 is 0 Å². The third-order valence-corrected chi connectivity index (χ3v) is 2.65. The molecule has 0 saturated carbocycles. The highest BCUT2D eigenvalue weighted by Gasteiger charge is 2.08. The number of rotatable bonds is 3. The van der Waals surface area contributed by atoms with Crippen molar-refractivity contribution in [3.63, 3.8) is 0 Å². The summed E-state index contributed by atoms with van der Waals surface area (Å²) in [4.78, 5) is 11.3. The van der Waals surface area contributed by atoms with E-state index in [1.54, 1.807) is 12.1 Å². The van der Waals surface area contributed by atoms with E-state index in [0.29, 0.717) is 22.2 Å². The second-order valence-electron chi connectivity index (χ2n) is 2.45. The van der Waals surface area contributed by atoms with E-state index in [4.69, 9.17) is 27.9 Å². The largest absolute Gasteiger partial charge is 0.461 e. The van der Waals surface area contributed by atoms with Gasteiger partial charge in [0.1, 0.15) is 6.61 Å². The van der Waals surface area contributed by atoms with Gasteiger partial charge in [0, 0.05) is 4.43 Å². The number of esters is 1. The number of hydrogen-bond donors (Lipinski definition) is 0. The maximum absolute atomic E-state index is 11.3. The molecular weight excluding hydrogens is 338 g/mol. The van der Waals surface area contributed by atoms with Gasteiger partial charge < -0.3 is 4.74 Å². The summed E-state index contributed by atoms with van der Waals surface area (Å²) in [5, 5.41) is 0.785. The molecule has 0 amide bonds. The van der Waals surface area contributed by atoms with E-state index in [1.165, 1.54) is 6.07 Å². The third kappa shape index (κ3) is 3.29. The van der Waals surface area contributed by atoms with E-state index in [0.717, 1.165) is 4.43 Å². The molecule has 1 aromatic rings. The van der Waals surface area contributed by atoms with Crippen LogP contribution in [-0.4, -0.2) is 17.0 Å². The molecule has 0 unspecified atom stereocenters. The monoisotopic (exact) mass is 344 g/mol. The van der Waals surface area contributed by atoms with E-state index in [2.05, 4.69) is 22.6 Å². The first-order chi connectivity index (χ1) is 6.65. The van der Waals surface area contributed by atoms with Crippen molar-refractivity contribution in [2.45, 2.75) is 0 Å². The molecule has 0 fully saturated rings. The molecule has 76 valence electrons. The highest BCUT2D eigenvalue weighted by molar-refractivity contribution is 14.1. The lowest BCUT2D eigenvalue weighted by molar-refractivity contribution is 0.0533. The van der Waals surface area contributed by atoms with Crippen LogP contribution in [0.2, 0.25) is 10.0 Å². The summed E-state index contributed by atoms with van der Waals surface area (Å²) in [5.74, 6) is -0.375. The molecule has 0 radical (unpaired) electrons. The minimum absolute atomic E-state index is 0.357. The van der Waals surface area contributed by atoms with Gasteiger partial charge in [0.25, 0.3) is 0 Å². The van der Waals surface area contributed by atoms with Crippen LogP contribution < -0.4 is 0 Å². The molecule has 0 saturated heterocycles. The number of alkyl halides is 1. The van der Waals surface area contributed by atoms with Crippen molar-refractivity contribution in [2.75, 3.05) is 11.0 Å². The molecule has 1 rings (SSSR count). The van der Waals surface area contributed by atoms with Gasteiger partial charge in [0.05, 0.1) is 15.6 Å². The smallest absolute Gasteiger partial charge is 0.338 e. The number of benzene rings is 1. The second-order valence-corrected chi connectivity index (χ2v) is 4.35. The first kappa shape index (κ1) is 12.1. The Morgan fingerprint density at radius 1 is 1.36 bits per heavy atom. The highest BCUT2D eigenvalue weighted by Crippen LogP contribution is 2.22. The van der Waals surface area contributed by atoms with Gasteiger partial charge in [-0.15, -0.1) is 0 Å². The first-order valence-electron chi connectivity index (χ1n) is 3.83. The lowest BCUT2D eigenvalue weighted by atomic mass is 10.2. The van der Waals surface area contributed by atoms with Gasteiger partial charge in [-0.3, -0.25) is 0 Å². The Morgan fingerprint density at radius 3 is 2.64 bits per heavy atom. The summed E-state index contributed by atoms with van der Waals surface area (Å²) in [6.07, 6.45) is 0. The zero-order valence-corrected chi connectivity index (χ0v) is 10.8. The summed E-state index contributed by atoms with van der Waals surface area (Å²) >= 11 is 13.6. The molecule has 0 N–H and O–H groups in total. The van der Waals surface area contributed by atoms with Crippen molar-refractivity contribution in [1.29, 1.82) is 0 Å². The summed E-state index contributed by atoms with van der Waals surface area (Å²) in [6, 6.07) is 4.66. The SMILES string of the molecule is O=C(OCCI)c1ccc(Cl)c(Cl)c1. The van der Waals surface area contributed by atoms with Gasteiger partial charge in [-0.25, -0.2) is 4.79 Å². The lowest BCUT2D eigenvalue weighted by Crippen LogP contribution is -2.06. The highest BCUT2D eigenvalue weighted by atomic mass is 127. The Morgan fingerprint density at radius 2 is 2.07 bits per heavy atom. The first-order valence-corrected chi connectivity index (χ1v) is 6.11. The molecular formula is C9H7Cl2IO2. The molecule has 14 heavy (non-hydrogen) atoms. The van der Waals surface area contributed by atoms with Crippen LogP contribution in [0.15, 0.2) is 18.2 Å². The van der Waals surface area contributed by atoms with E-state index < -0.39 is 0 Å². The van der Waals surface area contributed by atoms with Crippen molar-refractivity contribution in [3.05, 3.63) is 33.8 Å². The molecule has 2 nitrogen and oxygen atoms in total. The molecule has 0 aromatic heterocycles. The fourth-order valence-electron chi connectivity index (χ4n) is 0.838. The van der Waals surface area contributed by atoms with Crippen molar-refractivity contribution < 1.29 is 9.53 Å². The topological polar surface area (TPSA) is 26.3 Å². The Kier molecular flexibility index (Phi) is 4.98. The zero-order valence-electron chi connectivity index (χ0n) is 7.10. The Hall–Kier alpha value is -0.000000000000000111. The Balaban J connectivity index is 2.76. The number of ether oxygens (including phenoxy) is 1. The second kappa shape index (κ2) is 5.78. The number of hydrogen-bond acceptors (Lipinski definition) is 2. The van der Waals surface area contributed by atoms with Gasteiger partial charge in [0.2, 0.25) is 0 Å². The van der Waals surface area contributed by atoms with E-state index in [-0.39, 0.29) is 5.97 Å². The van der Waals surface area contributed by atoms with Gasteiger partial charge in [-0.2, -0.15) is 0 Å². The molecule has 1 aromatic carbocycles. The molecule has 0 heterocycles. The quantitative estimate of drug-likeness (QED) is 0.476. The Bertz CT molecular complexity index is 342. The third-order valence-electron chi connectivity index (χ3n) is 1.47. The maximum Gasteiger partial charge on any atom is 0.338 e. The molecule has 0 aliphatic heterocycles. The summed E-state index contributed by atoms with van der Waals surface area (Å²) in [7, 11) is 0. The predicted molar refractivity (Wildman–Crippen MR) is 65.6 cm³/mol. The fraction of sp³-hybridized carbons (Fsp3) is 0.222. The van der Waals surface area contributed by atoms with Crippen LogP contribution >= 0.6 is 45.8 Å². The van der Waals surface area contributed by atoms with Crippen LogP contribution in [0, 0.1) is 0 Å². The number of carbonyl (C=O) groups excluding carboxylic acids is 1. The average Bonchev–Trinajstić information content (AvgIpc) is 2.18. The van der Waals surface area contributed by atoms with Crippen molar-refractivity contribution in [1.82, 2.24) is 0 Å². The van der Waals surface area contributed by atoms with Crippen LogP contribution in [0.1, 0.15) is 10.4 Å². The van der Waals surface area contributed by atoms with Crippen LogP contribution in [0.3, 0.4) is 0 Å². The van der Waals surface area contributed by atoms with E-state index in [1.807, 2.05) is 0 Å². The summed E-state index contributed by atoms with van der Waals surface area (Å²) in [6.45, 7) is 0.402. The molecule has 0 spiro atoms. The van der Waals surface area contributed by atoms with Gasteiger partial charge >= 0.3 is 5.97 Å². The fourth-order valence-corrected chi connectivity index (χ4v) is 1.36. The molecule has 0 aliphatic carbocycles. The maximum atomic E-state index is 11.3. The predicted octanol–water partition coefficient (Wildman–Crippen LogP) is 3.59. The zero-order chi connectivity index (χ0) is 10.6. The van der Waals surface area contributed by atoms with Gasteiger partial charge in [-0.1, -0.05) is 45.8 Å². The van der Waals surface area contributed by atoms with Crippen molar-refractivity contribution in [2.24, 2.45) is 0 Å². The molecule has 0 atom stereocenters. The minimum Gasteiger partial charge on any atom is -0.461 e. The van der Waals surface area contributed by atoms with Crippen LogP contribution in [0.5, 0.6) is 0 Å². The minimum atomic E-state index is -0.375. The Labute approximate surface area is 106 Å². The van der Waals surface area contributed by atoms with Crippen molar-refractivity contribution >= 4 is 51.8 Å². The summed E-state index contributed by atoms with van der Waals surface area (Å²) in [5.41, 5.74) is 0.421. The summed E-state index contributed by atoms with van der Waals surface area (Å²) < 4.78 is 5.69. The lowest BCUT2D eigenvalue weighted by Gasteiger charge is -2.03. The average molecular weight is 345 g/mol. The van der Waals surface area contributed by atoms with E-state index in [9.17, 15) is 4.79 Å². The normalized spacial score (nSPS) is 9.93. The molecule has 0 aliphatic rings.